The zero-order valence-electron chi connectivity index (χ0n) is 17.5. The standard InChI is InChI=1S/C21H31N3O4S/c1-22(2)29(26,27)23-13-16-12-17(14-23)20(24-19(16)8-5-9-21(24)25)11-15-6-4-7-18(10-15)28-3/h4,6-7,10,16-17,19-20H,5,8-9,11-14H2,1-3H3/t16-,17+,19+,20+/m1/s1. The number of carbonyl (C=O) groups excluding carboxylic acids is 1. The minimum Gasteiger partial charge on any atom is -0.497 e. The molecule has 3 fully saturated rings. The summed E-state index contributed by atoms with van der Waals surface area (Å²) in [6.45, 7) is 0.986. The van der Waals surface area contributed by atoms with E-state index in [9.17, 15) is 13.2 Å². The largest absolute Gasteiger partial charge is 0.497 e. The molecular formula is C21H31N3O4S. The minimum atomic E-state index is -3.46. The Morgan fingerprint density at radius 1 is 1.21 bits per heavy atom. The molecule has 0 aliphatic carbocycles. The van der Waals surface area contributed by atoms with E-state index in [2.05, 4.69) is 11.0 Å². The predicted molar refractivity (Wildman–Crippen MR) is 111 cm³/mol. The lowest BCUT2D eigenvalue weighted by Gasteiger charge is -2.56. The van der Waals surface area contributed by atoms with Crippen LogP contribution in [0.5, 0.6) is 5.75 Å². The van der Waals surface area contributed by atoms with Crippen LogP contribution in [-0.2, 0) is 21.4 Å². The molecule has 3 aliphatic heterocycles. The summed E-state index contributed by atoms with van der Waals surface area (Å²) in [5, 5.41) is 0. The lowest BCUT2D eigenvalue weighted by molar-refractivity contribution is -0.150. The number of rotatable bonds is 5. The van der Waals surface area contributed by atoms with Crippen molar-refractivity contribution in [2.45, 2.75) is 44.2 Å². The third-order valence-electron chi connectivity index (χ3n) is 6.83. The van der Waals surface area contributed by atoms with Gasteiger partial charge in [-0.2, -0.15) is 17.0 Å². The number of ether oxygens (including phenoxy) is 1. The zero-order chi connectivity index (χ0) is 20.8. The van der Waals surface area contributed by atoms with Crippen molar-refractivity contribution in [3.8, 4) is 5.75 Å². The number of carbonyl (C=O) groups is 1. The second-order valence-electron chi connectivity index (χ2n) is 8.75. The number of hydrogen-bond acceptors (Lipinski definition) is 4. The molecule has 0 spiro atoms. The molecule has 2 bridgehead atoms. The van der Waals surface area contributed by atoms with E-state index in [1.807, 2.05) is 18.2 Å². The summed E-state index contributed by atoms with van der Waals surface area (Å²) in [5.41, 5.74) is 1.12. The van der Waals surface area contributed by atoms with Gasteiger partial charge < -0.3 is 9.64 Å². The Morgan fingerprint density at radius 3 is 2.69 bits per heavy atom. The molecular weight excluding hydrogens is 390 g/mol. The fraction of sp³-hybridized carbons (Fsp3) is 0.667. The van der Waals surface area contributed by atoms with Crippen molar-refractivity contribution in [3.05, 3.63) is 29.8 Å². The Balaban J connectivity index is 1.66. The van der Waals surface area contributed by atoms with E-state index in [4.69, 9.17) is 4.74 Å². The Morgan fingerprint density at radius 2 is 1.97 bits per heavy atom. The molecule has 4 atom stereocenters. The average Bonchev–Trinajstić information content (AvgIpc) is 2.71. The molecule has 3 heterocycles. The molecule has 0 unspecified atom stereocenters. The number of benzene rings is 1. The number of methoxy groups -OCH3 is 1. The van der Waals surface area contributed by atoms with Crippen LogP contribution in [0.3, 0.4) is 0 Å². The smallest absolute Gasteiger partial charge is 0.281 e. The lowest BCUT2D eigenvalue weighted by atomic mass is 9.71. The second kappa shape index (κ2) is 7.89. The summed E-state index contributed by atoms with van der Waals surface area (Å²) in [6.07, 6.45) is 4.18. The van der Waals surface area contributed by atoms with E-state index in [-0.39, 0.29) is 29.8 Å². The highest BCUT2D eigenvalue weighted by Gasteiger charge is 2.51. The molecule has 0 aromatic heterocycles. The molecule has 160 valence electrons. The minimum absolute atomic E-state index is 0.0244. The van der Waals surface area contributed by atoms with Gasteiger partial charge in [-0.05, 0) is 55.2 Å². The van der Waals surface area contributed by atoms with Crippen LogP contribution in [-0.4, -0.2) is 74.2 Å². The molecule has 3 saturated heterocycles. The highest BCUT2D eigenvalue weighted by atomic mass is 32.2. The van der Waals surface area contributed by atoms with Crippen molar-refractivity contribution in [1.82, 2.24) is 13.5 Å². The third kappa shape index (κ3) is 3.78. The SMILES string of the molecule is COc1cccc(C[C@H]2[C@H]3C[C@H](CN(S(=O)(=O)N(C)C)C3)[C@@H]3CCCC(=O)N32)c1. The fourth-order valence-electron chi connectivity index (χ4n) is 5.45. The van der Waals surface area contributed by atoms with Crippen LogP contribution >= 0.6 is 0 Å². The Hall–Kier alpha value is -1.64. The van der Waals surface area contributed by atoms with Gasteiger partial charge in [-0.25, -0.2) is 0 Å². The molecule has 29 heavy (non-hydrogen) atoms. The van der Waals surface area contributed by atoms with E-state index >= 15 is 0 Å². The molecule has 7 nitrogen and oxygen atoms in total. The summed E-state index contributed by atoms with van der Waals surface area (Å²) in [6, 6.07) is 8.14. The topological polar surface area (TPSA) is 70.2 Å². The van der Waals surface area contributed by atoms with Gasteiger partial charge in [0.1, 0.15) is 5.75 Å². The number of hydrogen-bond donors (Lipinski definition) is 0. The summed E-state index contributed by atoms with van der Waals surface area (Å²) >= 11 is 0. The van der Waals surface area contributed by atoms with Gasteiger partial charge in [0, 0.05) is 45.7 Å². The molecule has 0 N–H and O–H groups in total. The van der Waals surface area contributed by atoms with Crippen LogP contribution in [0.25, 0.3) is 0 Å². The normalized spacial score (nSPS) is 30.3. The monoisotopic (exact) mass is 421 g/mol. The van der Waals surface area contributed by atoms with Gasteiger partial charge >= 0.3 is 0 Å². The quantitative estimate of drug-likeness (QED) is 0.726. The molecule has 0 radical (unpaired) electrons. The van der Waals surface area contributed by atoms with Crippen LogP contribution in [0.2, 0.25) is 0 Å². The summed E-state index contributed by atoms with van der Waals surface area (Å²) in [7, 11) is 1.37. The summed E-state index contributed by atoms with van der Waals surface area (Å²) < 4.78 is 34.0. The van der Waals surface area contributed by atoms with Crippen LogP contribution in [0, 0.1) is 11.8 Å². The predicted octanol–water partition coefficient (Wildman–Crippen LogP) is 1.75. The van der Waals surface area contributed by atoms with Crippen LogP contribution < -0.4 is 4.74 Å². The van der Waals surface area contributed by atoms with Crippen molar-refractivity contribution >= 4 is 16.1 Å². The van der Waals surface area contributed by atoms with E-state index in [0.29, 0.717) is 19.5 Å². The second-order valence-corrected chi connectivity index (χ2v) is 10.9. The molecule has 3 aliphatic rings. The summed E-state index contributed by atoms with van der Waals surface area (Å²) in [4.78, 5) is 15.1. The van der Waals surface area contributed by atoms with E-state index in [0.717, 1.165) is 37.0 Å². The fourth-order valence-corrected chi connectivity index (χ4v) is 6.68. The van der Waals surface area contributed by atoms with Crippen LogP contribution in [0.1, 0.15) is 31.2 Å². The van der Waals surface area contributed by atoms with Gasteiger partial charge in [-0.3, -0.25) is 4.79 Å². The molecule has 8 heteroatoms. The van der Waals surface area contributed by atoms with Crippen molar-refractivity contribution in [3.63, 3.8) is 0 Å². The maximum atomic E-state index is 12.9. The van der Waals surface area contributed by atoms with Crippen molar-refractivity contribution in [2.24, 2.45) is 11.8 Å². The first-order valence-corrected chi connectivity index (χ1v) is 11.8. The average molecular weight is 422 g/mol. The number of piperidine rings is 3. The summed E-state index contributed by atoms with van der Waals surface area (Å²) in [5.74, 6) is 1.40. The van der Waals surface area contributed by atoms with Gasteiger partial charge in [0.05, 0.1) is 7.11 Å². The van der Waals surface area contributed by atoms with Crippen molar-refractivity contribution in [2.75, 3.05) is 34.3 Å². The Bertz CT molecular complexity index is 872. The van der Waals surface area contributed by atoms with E-state index in [1.54, 1.807) is 25.5 Å². The third-order valence-corrected chi connectivity index (χ3v) is 8.70. The maximum absolute atomic E-state index is 12.9. The van der Waals surface area contributed by atoms with Gasteiger partial charge in [0.2, 0.25) is 5.91 Å². The first-order chi connectivity index (χ1) is 13.8. The molecule has 1 amide bonds. The molecule has 0 saturated carbocycles. The maximum Gasteiger partial charge on any atom is 0.281 e. The number of fused-ring (bicyclic) bond motifs is 4. The number of amides is 1. The van der Waals surface area contributed by atoms with Gasteiger partial charge in [-0.15, -0.1) is 0 Å². The first kappa shape index (κ1) is 20.6. The van der Waals surface area contributed by atoms with Crippen LogP contribution in [0.15, 0.2) is 24.3 Å². The number of nitrogens with zero attached hydrogens (tertiary/aromatic N) is 3. The van der Waals surface area contributed by atoms with Crippen molar-refractivity contribution in [1.29, 1.82) is 0 Å². The van der Waals surface area contributed by atoms with Crippen molar-refractivity contribution < 1.29 is 17.9 Å². The van der Waals surface area contributed by atoms with Gasteiger partial charge in [0.25, 0.3) is 10.2 Å². The van der Waals surface area contributed by atoms with Gasteiger partial charge in [0.15, 0.2) is 0 Å². The highest BCUT2D eigenvalue weighted by molar-refractivity contribution is 7.86. The van der Waals surface area contributed by atoms with E-state index < -0.39 is 10.2 Å². The first-order valence-electron chi connectivity index (χ1n) is 10.4. The van der Waals surface area contributed by atoms with E-state index in [1.165, 1.54) is 4.31 Å². The Labute approximate surface area is 173 Å². The molecule has 1 aromatic carbocycles. The molecule has 4 rings (SSSR count). The van der Waals surface area contributed by atoms with Gasteiger partial charge in [-0.1, -0.05) is 12.1 Å². The Kier molecular flexibility index (Phi) is 5.61. The highest BCUT2D eigenvalue weighted by Crippen LogP contribution is 2.43. The van der Waals surface area contributed by atoms with Crippen LogP contribution in [0.4, 0.5) is 0 Å². The zero-order valence-corrected chi connectivity index (χ0v) is 18.3. The molecule has 1 aromatic rings. The lowest BCUT2D eigenvalue weighted by Crippen LogP contribution is -2.66.